The zero-order valence-corrected chi connectivity index (χ0v) is 11.0. The zero-order chi connectivity index (χ0) is 12.0. The monoisotopic (exact) mass is 241 g/mol. The van der Waals surface area contributed by atoms with E-state index in [1.165, 1.54) is 12.8 Å². The highest BCUT2D eigenvalue weighted by atomic mass is 35.5. The van der Waals surface area contributed by atoms with Crippen LogP contribution in [0.3, 0.4) is 0 Å². The van der Waals surface area contributed by atoms with E-state index in [1.807, 2.05) is 6.92 Å². The first-order valence-corrected chi connectivity index (χ1v) is 6.30. The standard InChI is InChI=1S/C12H20ClN3/c1-4-6-10(7-5-2)15-11-9(3)8-14-12(13)16-11/h8,10H,4-7H2,1-3H3,(H,14,15,16). The van der Waals surface area contributed by atoms with Crippen LogP contribution in [-0.2, 0) is 0 Å². The van der Waals surface area contributed by atoms with Gasteiger partial charge in [-0.15, -0.1) is 0 Å². The minimum atomic E-state index is 0.305. The van der Waals surface area contributed by atoms with Gasteiger partial charge in [-0.2, -0.15) is 0 Å². The lowest BCUT2D eigenvalue weighted by Crippen LogP contribution is -2.20. The van der Waals surface area contributed by atoms with Gasteiger partial charge in [0.1, 0.15) is 5.82 Å². The van der Waals surface area contributed by atoms with Gasteiger partial charge in [-0.1, -0.05) is 26.7 Å². The van der Waals surface area contributed by atoms with Crippen LogP contribution in [0.1, 0.15) is 45.1 Å². The molecular weight excluding hydrogens is 222 g/mol. The van der Waals surface area contributed by atoms with Crippen molar-refractivity contribution in [1.29, 1.82) is 0 Å². The topological polar surface area (TPSA) is 37.8 Å². The molecular formula is C12H20ClN3. The lowest BCUT2D eigenvalue weighted by Gasteiger charge is -2.19. The van der Waals surface area contributed by atoms with Gasteiger partial charge in [0.05, 0.1) is 0 Å². The Morgan fingerprint density at radius 3 is 2.50 bits per heavy atom. The first-order valence-electron chi connectivity index (χ1n) is 5.93. The second-order valence-corrected chi connectivity index (χ2v) is 4.43. The smallest absolute Gasteiger partial charge is 0.224 e. The average Bonchev–Trinajstić information content (AvgIpc) is 2.24. The molecule has 1 rings (SSSR count). The van der Waals surface area contributed by atoms with E-state index < -0.39 is 0 Å². The summed E-state index contributed by atoms with van der Waals surface area (Å²) in [6.45, 7) is 6.39. The van der Waals surface area contributed by atoms with Gasteiger partial charge in [-0.25, -0.2) is 9.97 Å². The molecule has 0 aliphatic carbocycles. The number of halogens is 1. The molecule has 0 aliphatic heterocycles. The number of nitrogens with one attached hydrogen (secondary N) is 1. The second kappa shape index (κ2) is 6.69. The number of hydrogen-bond acceptors (Lipinski definition) is 3. The Bertz CT molecular complexity index is 322. The van der Waals surface area contributed by atoms with E-state index in [0.29, 0.717) is 11.3 Å². The molecule has 0 bridgehead atoms. The van der Waals surface area contributed by atoms with Gasteiger partial charge in [-0.3, -0.25) is 0 Å². The largest absolute Gasteiger partial charge is 0.367 e. The van der Waals surface area contributed by atoms with Crippen molar-refractivity contribution in [3.8, 4) is 0 Å². The Morgan fingerprint density at radius 1 is 1.31 bits per heavy atom. The molecule has 1 heterocycles. The molecule has 1 N–H and O–H groups in total. The highest BCUT2D eigenvalue weighted by molar-refractivity contribution is 6.28. The maximum atomic E-state index is 5.79. The Balaban J connectivity index is 2.71. The molecule has 0 fully saturated rings. The molecule has 0 aromatic carbocycles. The number of nitrogens with zero attached hydrogens (tertiary/aromatic N) is 2. The van der Waals surface area contributed by atoms with Crippen molar-refractivity contribution < 1.29 is 0 Å². The summed E-state index contributed by atoms with van der Waals surface area (Å²) < 4.78 is 0. The van der Waals surface area contributed by atoms with Crippen LogP contribution in [0.25, 0.3) is 0 Å². The summed E-state index contributed by atoms with van der Waals surface area (Å²) in [5.41, 5.74) is 1.04. The Morgan fingerprint density at radius 2 is 1.94 bits per heavy atom. The van der Waals surface area contributed by atoms with Crippen LogP contribution in [0.4, 0.5) is 5.82 Å². The third kappa shape index (κ3) is 3.97. The van der Waals surface area contributed by atoms with Gasteiger partial charge in [0.15, 0.2) is 0 Å². The lowest BCUT2D eigenvalue weighted by atomic mass is 10.1. The lowest BCUT2D eigenvalue weighted by molar-refractivity contribution is 0.584. The van der Waals surface area contributed by atoms with Crippen molar-refractivity contribution in [3.05, 3.63) is 17.0 Å². The second-order valence-electron chi connectivity index (χ2n) is 4.09. The van der Waals surface area contributed by atoms with Crippen molar-refractivity contribution in [1.82, 2.24) is 9.97 Å². The van der Waals surface area contributed by atoms with Gasteiger partial charge >= 0.3 is 0 Å². The van der Waals surface area contributed by atoms with E-state index in [-0.39, 0.29) is 0 Å². The summed E-state index contributed by atoms with van der Waals surface area (Å²) in [7, 11) is 0. The molecule has 90 valence electrons. The van der Waals surface area contributed by atoms with Crippen LogP contribution in [0.15, 0.2) is 6.20 Å². The number of aromatic nitrogens is 2. The van der Waals surface area contributed by atoms with Crippen molar-refractivity contribution >= 4 is 17.4 Å². The fraction of sp³-hybridized carbons (Fsp3) is 0.667. The third-order valence-electron chi connectivity index (χ3n) is 2.56. The Labute approximate surface area is 103 Å². The predicted octanol–water partition coefficient (Wildman–Crippen LogP) is 3.82. The van der Waals surface area contributed by atoms with Gasteiger partial charge in [0.25, 0.3) is 0 Å². The van der Waals surface area contributed by atoms with E-state index >= 15 is 0 Å². The average molecular weight is 242 g/mol. The minimum Gasteiger partial charge on any atom is -0.367 e. The van der Waals surface area contributed by atoms with Gasteiger partial charge in [0.2, 0.25) is 5.28 Å². The van der Waals surface area contributed by atoms with Gasteiger partial charge < -0.3 is 5.32 Å². The van der Waals surface area contributed by atoms with Crippen molar-refractivity contribution in [2.75, 3.05) is 5.32 Å². The molecule has 1 aromatic heterocycles. The highest BCUT2D eigenvalue weighted by Crippen LogP contribution is 2.17. The molecule has 4 heteroatoms. The molecule has 0 unspecified atom stereocenters. The summed E-state index contributed by atoms with van der Waals surface area (Å²) in [4.78, 5) is 8.17. The highest BCUT2D eigenvalue weighted by Gasteiger charge is 2.09. The van der Waals surface area contributed by atoms with Crippen LogP contribution in [0.2, 0.25) is 5.28 Å². The molecule has 1 aromatic rings. The van der Waals surface area contributed by atoms with Gasteiger partial charge in [-0.05, 0) is 31.4 Å². The zero-order valence-electron chi connectivity index (χ0n) is 10.3. The predicted molar refractivity (Wildman–Crippen MR) is 69.0 cm³/mol. The number of aryl methyl sites for hydroxylation is 1. The Kier molecular flexibility index (Phi) is 5.53. The van der Waals surface area contributed by atoms with Crippen LogP contribution < -0.4 is 5.32 Å². The van der Waals surface area contributed by atoms with E-state index in [0.717, 1.165) is 24.2 Å². The Hall–Kier alpha value is -0.830. The first kappa shape index (κ1) is 13.2. The van der Waals surface area contributed by atoms with Crippen molar-refractivity contribution in [2.24, 2.45) is 0 Å². The molecule has 16 heavy (non-hydrogen) atoms. The molecule has 0 spiro atoms. The minimum absolute atomic E-state index is 0.305. The molecule has 3 nitrogen and oxygen atoms in total. The fourth-order valence-corrected chi connectivity index (χ4v) is 1.88. The third-order valence-corrected chi connectivity index (χ3v) is 2.74. The molecule has 0 saturated carbocycles. The summed E-state index contributed by atoms with van der Waals surface area (Å²) >= 11 is 5.79. The number of anilines is 1. The maximum absolute atomic E-state index is 5.79. The van der Waals surface area contributed by atoms with Crippen molar-refractivity contribution in [2.45, 2.75) is 52.5 Å². The first-order chi connectivity index (χ1) is 7.67. The van der Waals surface area contributed by atoms with E-state index in [2.05, 4.69) is 29.1 Å². The summed E-state index contributed by atoms with van der Waals surface area (Å²) in [6, 6.07) is 0.486. The van der Waals surface area contributed by atoms with Crippen LogP contribution in [0, 0.1) is 6.92 Å². The van der Waals surface area contributed by atoms with E-state index in [1.54, 1.807) is 6.20 Å². The molecule has 0 atom stereocenters. The van der Waals surface area contributed by atoms with Crippen molar-refractivity contribution in [3.63, 3.8) is 0 Å². The van der Waals surface area contributed by atoms with E-state index in [9.17, 15) is 0 Å². The summed E-state index contributed by atoms with van der Waals surface area (Å²) in [5, 5.41) is 3.76. The van der Waals surface area contributed by atoms with Crippen LogP contribution >= 0.6 is 11.6 Å². The quantitative estimate of drug-likeness (QED) is 0.770. The molecule has 0 radical (unpaired) electrons. The van der Waals surface area contributed by atoms with Gasteiger partial charge in [0, 0.05) is 17.8 Å². The maximum Gasteiger partial charge on any atom is 0.224 e. The van der Waals surface area contributed by atoms with Crippen LogP contribution in [-0.4, -0.2) is 16.0 Å². The van der Waals surface area contributed by atoms with Crippen LogP contribution in [0.5, 0.6) is 0 Å². The molecule has 0 saturated heterocycles. The number of hydrogen-bond donors (Lipinski definition) is 1. The SMILES string of the molecule is CCCC(CCC)Nc1nc(Cl)ncc1C. The fourth-order valence-electron chi connectivity index (χ4n) is 1.75. The van der Waals surface area contributed by atoms with E-state index in [4.69, 9.17) is 11.6 Å². The molecule has 0 aliphatic rings. The number of rotatable bonds is 6. The molecule has 0 amide bonds. The summed E-state index contributed by atoms with van der Waals surface area (Å²) in [5.74, 6) is 0.868. The normalized spacial score (nSPS) is 10.8. The summed E-state index contributed by atoms with van der Waals surface area (Å²) in [6.07, 6.45) is 6.43.